The summed E-state index contributed by atoms with van der Waals surface area (Å²) in [5, 5.41) is 3.62. The minimum absolute atomic E-state index is 0.178. The van der Waals surface area contributed by atoms with E-state index in [1.165, 1.54) is 0 Å². The summed E-state index contributed by atoms with van der Waals surface area (Å²) in [6.45, 7) is 5.42. The molecule has 6 heteroatoms. The number of carbonyl (C=O) groups is 1. The quantitative estimate of drug-likeness (QED) is 0.608. The number of nitrogens with one attached hydrogen (secondary N) is 1. The molecular weight excluding hydrogens is 372 g/mol. The maximum Gasteiger partial charge on any atom is 0.321 e. The number of benzene rings is 2. The van der Waals surface area contributed by atoms with Crippen molar-refractivity contribution >= 4 is 23.3 Å². The van der Waals surface area contributed by atoms with Gasteiger partial charge in [0.2, 0.25) is 0 Å². The first-order valence-electron chi connectivity index (χ1n) is 9.29. The minimum Gasteiger partial charge on any atom is -0.330 e. The highest BCUT2D eigenvalue weighted by Gasteiger charge is 2.12. The molecule has 0 aliphatic rings. The Bertz CT molecular complexity index is 951. The zero-order valence-corrected chi connectivity index (χ0v) is 17.1. The van der Waals surface area contributed by atoms with Crippen molar-refractivity contribution < 1.29 is 4.79 Å². The van der Waals surface area contributed by atoms with Crippen LogP contribution < -0.4 is 5.32 Å². The molecule has 0 unspecified atom stereocenters. The van der Waals surface area contributed by atoms with Crippen LogP contribution in [0.5, 0.6) is 0 Å². The van der Waals surface area contributed by atoms with Gasteiger partial charge < -0.3 is 14.8 Å². The molecule has 0 atom stereocenters. The molecule has 3 rings (SSSR count). The summed E-state index contributed by atoms with van der Waals surface area (Å²) in [6.07, 6.45) is 3.81. The minimum atomic E-state index is -0.178. The lowest BCUT2D eigenvalue weighted by atomic mass is 10.1. The molecule has 0 saturated carbocycles. The van der Waals surface area contributed by atoms with Gasteiger partial charge in [-0.1, -0.05) is 55.8 Å². The summed E-state index contributed by atoms with van der Waals surface area (Å²) in [7, 11) is 1.75. The van der Waals surface area contributed by atoms with Crippen molar-refractivity contribution in [3.8, 4) is 0 Å². The summed E-state index contributed by atoms with van der Waals surface area (Å²) >= 11 is 6.19. The second-order valence-corrected chi connectivity index (χ2v) is 7.55. The molecule has 1 heterocycles. The normalized spacial score (nSPS) is 10.9. The van der Waals surface area contributed by atoms with Crippen LogP contribution in [0.1, 0.15) is 36.7 Å². The second kappa shape index (κ2) is 8.93. The third-order valence-corrected chi connectivity index (χ3v) is 4.88. The summed E-state index contributed by atoms with van der Waals surface area (Å²) in [5.41, 5.74) is 2.78. The molecule has 0 bridgehead atoms. The van der Waals surface area contributed by atoms with E-state index < -0.39 is 0 Å². The summed E-state index contributed by atoms with van der Waals surface area (Å²) in [6, 6.07) is 15.2. The molecule has 0 spiro atoms. The Morgan fingerprint density at radius 1 is 1.21 bits per heavy atom. The maximum absolute atomic E-state index is 12.6. The maximum atomic E-state index is 12.6. The molecule has 2 amide bonds. The van der Waals surface area contributed by atoms with Crippen LogP contribution in [0.25, 0.3) is 0 Å². The lowest BCUT2D eigenvalue weighted by Crippen LogP contribution is -2.30. The van der Waals surface area contributed by atoms with Crippen molar-refractivity contribution in [3.05, 3.63) is 82.9 Å². The Balaban J connectivity index is 1.66. The van der Waals surface area contributed by atoms with Gasteiger partial charge in [0.1, 0.15) is 5.82 Å². The largest absolute Gasteiger partial charge is 0.330 e. The fourth-order valence-corrected chi connectivity index (χ4v) is 3.27. The van der Waals surface area contributed by atoms with E-state index in [-0.39, 0.29) is 6.03 Å². The van der Waals surface area contributed by atoms with Crippen molar-refractivity contribution in [3.63, 3.8) is 0 Å². The third kappa shape index (κ3) is 4.93. The average molecular weight is 397 g/mol. The number of carbonyl (C=O) groups excluding carboxylic acids is 1. The number of urea groups is 1. The van der Waals surface area contributed by atoms with Gasteiger partial charge in [0, 0.05) is 49.2 Å². The summed E-state index contributed by atoms with van der Waals surface area (Å²) in [5.74, 6) is 1.41. The lowest BCUT2D eigenvalue weighted by molar-refractivity contribution is 0.220. The van der Waals surface area contributed by atoms with Crippen LogP contribution in [0.2, 0.25) is 5.02 Å². The van der Waals surface area contributed by atoms with E-state index in [0.29, 0.717) is 24.0 Å². The Morgan fingerprint density at radius 2 is 2.00 bits per heavy atom. The molecule has 1 N–H and O–H groups in total. The van der Waals surface area contributed by atoms with Crippen LogP contribution in [-0.2, 0) is 13.1 Å². The van der Waals surface area contributed by atoms with Gasteiger partial charge in [0.15, 0.2) is 0 Å². The molecule has 0 aliphatic carbocycles. The monoisotopic (exact) mass is 396 g/mol. The Labute approximate surface area is 171 Å². The van der Waals surface area contributed by atoms with Gasteiger partial charge in [-0.15, -0.1) is 0 Å². The van der Waals surface area contributed by atoms with Crippen LogP contribution in [0.4, 0.5) is 10.5 Å². The van der Waals surface area contributed by atoms with Crippen LogP contribution in [-0.4, -0.2) is 27.5 Å². The summed E-state index contributed by atoms with van der Waals surface area (Å²) in [4.78, 5) is 18.6. The molecular formula is C22H25ClN4O. The van der Waals surface area contributed by atoms with Crippen molar-refractivity contribution in [2.24, 2.45) is 0 Å². The van der Waals surface area contributed by atoms with Gasteiger partial charge in [-0.3, -0.25) is 0 Å². The first kappa shape index (κ1) is 20.0. The van der Waals surface area contributed by atoms with Gasteiger partial charge in [-0.25, -0.2) is 9.78 Å². The Morgan fingerprint density at radius 3 is 2.75 bits per heavy atom. The number of amides is 2. The molecule has 0 fully saturated rings. The predicted octanol–water partition coefficient (Wildman–Crippen LogP) is 5.37. The van der Waals surface area contributed by atoms with Gasteiger partial charge in [0.25, 0.3) is 0 Å². The van der Waals surface area contributed by atoms with Gasteiger partial charge in [-0.05, 0) is 29.3 Å². The molecule has 2 aromatic carbocycles. The molecule has 28 heavy (non-hydrogen) atoms. The molecule has 146 valence electrons. The number of anilines is 1. The fraction of sp³-hybridized carbons (Fsp3) is 0.273. The van der Waals surface area contributed by atoms with Crippen molar-refractivity contribution in [1.29, 1.82) is 0 Å². The number of hydrogen-bond acceptors (Lipinski definition) is 2. The first-order valence-corrected chi connectivity index (χ1v) is 9.67. The molecule has 0 radical (unpaired) electrons. The zero-order valence-electron chi connectivity index (χ0n) is 16.4. The second-order valence-electron chi connectivity index (χ2n) is 7.15. The smallest absolute Gasteiger partial charge is 0.321 e. The standard InChI is InChI=1S/C22H25ClN4O/c1-16(2)21-24-11-12-27(21)14-17-7-6-9-19(13-17)25-22(28)26(3)15-18-8-4-5-10-20(18)23/h4-13,16H,14-15H2,1-3H3,(H,25,28). The number of nitrogens with zero attached hydrogens (tertiary/aromatic N) is 3. The van der Waals surface area contributed by atoms with Crippen LogP contribution in [0, 0.1) is 0 Å². The van der Waals surface area contributed by atoms with Crippen LogP contribution in [0.15, 0.2) is 60.9 Å². The molecule has 3 aromatic rings. The average Bonchev–Trinajstić information content (AvgIpc) is 3.12. The molecule has 0 saturated heterocycles. The SMILES string of the molecule is CC(C)c1nccn1Cc1cccc(NC(=O)N(C)Cc2ccccc2Cl)c1. The Kier molecular flexibility index (Phi) is 6.37. The Hall–Kier alpha value is -2.79. The predicted molar refractivity (Wildman–Crippen MR) is 114 cm³/mol. The molecule has 1 aromatic heterocycles. The first-order chi connectivity index (χ1) is 13.4. The highest BCUT2D eigenvalue weighted by molar-refractivity contribution is 6.31. The van der Waals surface area contributed by atoms with E-state index in [2.05, 4.69) is 28.7 Å². The number of aromatic nitrogens is 2. The number of hydrogen-bond donors (Lipinski definition) is 1. The highest BCUT2D eigenvalue weighted by atomic mass is 35.5. The highest BCUT2D eigenvalue weighted by Crippen LogP contribution is 2.19. The van der Waals surface area contributed by atoms with Crippen molar-refractivity contribution in [2.45, 2.75) is 32.9 Å². The lowest BCUT2D eigenvalue weighted by Gasteiger charge is -2.19. The molecule has 5 nitrogen and oxygen atoms in total. The third-order valence-electron chi connectivity index (χ3n) is 4.51. The van der Waals surface area contributed by atoms with E-state index in [1.807, 2.05) is 60.9 Å². The van der Waals surface area contributed by atoms with Crippen molar-refractivity contribution in [2.75, 3.05) is 12.4 Å². The number of rotatable bonds is 6. The fourth-order valence-electron chi connectivity index (χ4n) is 3.07. The van der Waals surface area contributed by atoms with Gasteiger partial charge >= 0.3 is 6.03 Å². The van der Waals surface area contributed by atoms with E-state index >= 15 is 0 Å². The summed E-state index contributed by atoms with van der Waals surface area (Å²) < 4.78 is 2.13. The number of imidazole rings is 1. The van der Waals surface area contributed by atoms with Gasteiger partial charge in [0.05, 0.1) is 0 Å². The van der Waals surface area contributed by atoms with Crippen molar-refractivity contribution in [1.82, 2.24) is 14.5 Å². The number of halogens is 1. The zero-order chi connectivity index (χ0) is 20.1. The van der Waals surface area contributed by atoms with E-state index in [0.717, 1.165) is 22.6 Å². The molecule has 0 aliphatic heterocycles. The van der Waals surface area contributed by atoms with Crippen LogP contribution in [0.3, 0.4) is 0 Å². The topological polar surface area (TPSA) is 50.2 Å². The van der Waals surface area contributed by atoms with E-state index in [4.69, 9.17) is 11.6 Å². The van der Waals surface area contributed by atoms with Crippen LogP contribution >= 0.6 is 11.6 Å². The van der Waals surface area contributed by atoms with E-state index in [9.17, 15) is 4.79 Å². The van der Waals surface area contributed by atoms with E-state index in [1.54, 1.807) is 11.9 Å². The van der Waals surface area contributed by atoms with Gasteiger partial charge in [-0.2, -0.15) is 0 Å².